The molecule has 11 heteroatoms. The second kappa shape index (κ2) is 9.27. The molecule has 180 valence electrons. The van der Waals surface area contributed by atoms with Crippen LogP contribution in [0.4, 0.5) is 16.2 Å². The molecule has 1 aromatic carbocycles. The molecule has 34 heavy (non-hydrogen) atoms. The second-order valence-corrected chi connectivity index (χ2v) is 10.5. The Morgan fingerprint density at radius 1 is 1.18 bits per heavy atom. The summed E-state index contributed by atoms with van der Waals surface area (Å²) in [6.07, 6.45) is 9.72. The number of urea groups is 1. The van der Waals surface area contributed by atoms with Gasteiger partial charge in [0.2, 0.25) is 0 Å². The first kappa shape index (κ1) is 22.7. The molecule has 10 nitrogen and oxygen atoms in total. The van der Waals surface area contributed by atoms with Crippen LogP contribution < -0.4 is 14.3 Å². The predicted octanol–water partition coefficient (Wildman–Crippen LogP) is 2.44. The van der Waals surface area contributed by atoms with E-state index >= 15 is 0 Å². The molecule has 0 radical (unpaired) electrons. The lowest BCUT2D eigenvalue weighted by atomic mass is 9.99. The molecular weight excluding hydrogens is 456 g/mol. The summed E-state index contributed by atoms with van der Waals surface area (Å²) in [4.78, 5) is 13.0. The zero-order valence-electron chi connectivity index (χ0n) is 18.9. The third kappa shape index (κ3) is 4.35. The van der Waals surface area contributed by atoms with Gasteiger partial charge >= 0.3 is 16.2 Å². The van der Waals surface area contributed by atoms with E-state index < -0.39 is 16.2 Å². The summed E-state index contributed by atoms with van der Waals surface area (Å²) in [5, 5.41) is 15.9. The van der Waals surface area contributed by atoms with Crippen LogP contribution in [0.5, 0.6) is 0 Å². The van der Waals surface area contributed by atoms with Crippen molar-refractivity contribution in [3.63, 3.8) is 0 Å². The highest BCUT2D eigenvalue weighted by Crippen LogP contribution is 2.38. The fourth-order valence-electron chi connectivity index (χ4n) is 5.36. The predicted molar refractivity (Wildman–Crippen MR) is 126 cm³/mol. The highest BCUT2D eigenvalue weighted by Gasteiger charge is 2.34. The Hall–Kier alpha value is -3.10. The van der Waals surface area contributed by atoms with Crippen molar-refractivity contribution in [2.75, 3.05) is 22.8 Å². The number of ether oxygens (including phenoxy) is 1. The number of amides is 2. The molecular formula is C23H28N6O4S. The fraction of sp³-hybridized carbons (Fsp3) is 0.522. The van der Waals surface area contributed by atoms with Gasteiger partial charge in [-0.15, -0.1) is 0 Å². The molecule has 1 aromatic heterocycles. The fourth-order valence-corrected chi connectivity index (χ4v) is 6.72. The van der Waals surface area contributed by atoms with Crippen molar-refractivity contribution in [2.24, 2.45) is 0 Å². The highest BCUT2D eigenvalue weighted by molar-refractivity contribution is 7.91. The number of nitrogens with one attached hydrogen (secondary N) is 2. The summed E-state index contributed by atoms with van der Waals surface area (Å²) in [7, 11) is -4.24. The lowest BCUT2D eigenvalue weighted by molar-refractivity contribution is 0.0875. The van der Waals surface area contributed by atoms with E-state index in [0.717, 1.165) is 55.3 Å². The monoisotopic (exact) mass is 484 g/mol. The van der Waals surface area contributed by atoms with Gasteiger partial charge < -0.3 is 10.1 Å². The van der Waals surface area contributed by atoms with Crippen LogP contribution in [0.3, 0.4) is 0 Å². The van der Waals surface area contributed by atoms with E-state index in [1.807, 2.05) is 6.07 Å². The highest BCUT2D eigenvalue weighted by atomic mass is 32.2. The van der Waals surface area contributed by atoms with Crippen molar-refractivity contribution in [2.45, 2.75) is 64.0 Å². The van der Waals surface area contributed by atoms with Crippen molar-refractivity contribution < 1.29 is 17.9 Å². The van der Waals surface area contributed by atoms with E-state index in [2.05, 4.69) is 21.2 Å². The van der Waals surface area contributed by atoms with Gasteiger partial charge in [-0.1, -0.05) is 6.07 Å². The Labute approximate surface area is 199 Å². The van der Waals surface area contributed by atoms with E-state index in [1.54, 1.807) is 0 Å². The topological polar surface area (TPSA) is 129 Å². The average Bonchev–Trinajstić information content (AvgIpc) is 3.55. The van der Waals surface area contributed by atoms with E-state index in [1.165, 1.54) is 32.5 Å². The summed E-state index contributed by atoms with van der Waals surface area (Å²) in [6, 6.07) is 3.09. The molecule has 0 atom stereocenters. The van der Waals surface area contributed by atoms with Crippen molar-refractivity contribution in [1.29, 1.82) is 5.26 Å². The molecule has 2 N–H and O–H groups in total. The Morgan fingerprint density at radius 3 is 2.50 bits per heavy atom. The Balaban J connectivity index is 1.41. The molecule has 1 aliphatic heterocycles. The molecule has 0 spiro atoms. The molecule has 2 heterocycles. The zero-order valence-corrected chi connectivity index (χ0v) is 19.7. The zero-order chi connectivity index (χ0) is 23.7. The molecule has 0 unspecified atom stereocenters. The van der Waals surface area contributed by atoms with Gasteiger partial charge in [-0.3, -0.25) is 4.68 Å². The molecule has 0 bridgehead atoms. The Kier molecular flexibility index (Phi) is 6.18. The number of anilines is 2. The van der Waals surface area contributed by atoms with E-state index in [-0.39, 0.29) is 12.6 Å². The molecule has 2 amide bonds. The summed E-state index contributed by atoms with van der Waals surface area (Å²) in [5.74, 6) is 0. The van der Waals surface area contributed by atoms with Crippen LogP contribution in [0, 0.1) is 11.3 Å². The van der Waals surface area contributed by atoms with E-state index in [9.17, 15) is 13.2 Å². The molecule has 1 saturated heterocycles. The van der Waals surface area contributed by atoms with Crippen LogP contribution in [0.15, 0.2) is 18.5 Å². The number of rotatable bonds is 6. The number of benzene rings is 1. The third-order valence-electron chi connectivity index (χ3n) is 6.82. The van der Waals surface area contributed by atoms with E-state index in [0.29, 0.717) is 31.7 Å². The van der Waals surface area contributed by atoms with E-state index in [4.69, 9.17) is 10.00 Å². The van der Waals surface area contributed by atoms with Gasteiger partial charge in [0.25, 0.3) is 0 Å². The van der Waals surface area contributed by atoms with Gasteiger partial charge in [-0.2, -0.15) is 18.8 Å². The first-order valence-electron chi connectivity index (χ1n) is 11.7. The van der Waals surface area contributed by atoms with Gasteiger partial charge in [0.15, 0.2) is 0 Å². The maximum Gasteiger partial charge on any atom is 0.334 e. The molecule has 0 saturated carbocycles. The first-order valence-corrected chi connectivity index (χ1v) is 13.2. The third-order valence-corrected chi connectivity index (χ3v) is 8.29. The van der Waals surface area contributed by atoms with Crippen LogP contribution in [-0.2, 0) is 47.2 Å². The quantitative estimate of drug-likeness (QED) is 0.648. The van der Waals surface area contributed by atoms with Crippen molar-refractivity contribution in [3.8, 4) is 6.07 Å². The number of aromatic nitrogens is 2. The van der Waals surface area contributed by atoms with Gasteiger partial charge in [0, 0.05) is 18.9 Å². The largest absolute Gasteiger partial charge is 0.381 e. The maximum absolute atomic E-state index is 13.5. The number of aryl methyl sites for hydroxylation is 2. The Bertz CT molecular complexity index is 1210. The smallest absolute Gasteiger partial charge is 0.334 e. The standard InChI is InChI=1S/C23H28N6O4S/c24-9-10-28-15-19(14-25-28)29(18-7-11-33-12-8-18)34(31,32)27-23(30)26-22-20-5-1-3-16(20)13-17-4-2-6-21(17)22/h13-15,18H,1-8,10-12H2,(H2,26,27,30). The van der Waals surface area contributed by atoms with Gasteiger partial charge in [0.05, 0.1) is 30.2 Å². The number of carbonyl (C=O) groups excluding carboxylic acids is 1. The molecule has 1 fully saturated rings. The lowest BCUT2D eigenvalue weighted by Gasteiger charge is -2.33. The SMILES string of the molecule is N#CCn1cc(N(C2CCOCC2)S(=O)(=O)NC(=O)Nc2c3c(cc4c2CCC4)CCC3)cn1. The Morgan fingerprint density at radius 2 is 1.85 bits per heavy atom. The minimum Gasteiger partial charge on any atom is -0.381 e. The first-order chi connectivity index (χ1) is 16.5. The molecule has 2 aromatic rings. The number of hydrogen-bond donors (Lipinski definition) is 2. The van der Waals surface area contributed by atoms with Gasteiger partial charge in [-0.05, 0) is 73.6 Å². The minimum absolute atomic E-state index is 0.000191. The summed E-state index contributed by atoms with van der Waals surface area (Å²) in [5.41, 5.74) is 5.87. The average molecular weight is 485 g/mol. The van der Waals surface area contributed by atoms with Gasteiger partial charge in [0.1, 0.15) is 6.54 Å². The minimum atomic E-state index is -4.24. The molecule has 5 rings (SSSR count). The van der Waals surface area contributed by atoms with Crippen LogP contribution in [0.2, 0.25) is 0 Å². The van der Waals surface area contributed by atoms with Crippen molar-refractivity contribution in [3.05, 3.63) is 40.7 Å². The summed E-state index contributed by atoms with van der Waals surface area (Å²) >= 11 is 0. The normalized spacial score (nSPS) is 17.6. The van der Waals surface area contributed by atoms with Crippen LogP contribution in [0.25, 0.3) is 0 Å². The number of fused-ring (bicyclic) bond motifs is 2. The van der Waals surface area contributed by atoms with Crippen LogP contribution in [-0.4, -0.2) is 43.5 Å². The summed E-state index contributed by atoms with van der Waals surface area (Å²) in [6.45, 7) is 0.856. The van der Waals surface area contributed by atoms with Crippen LogP contribution >= 0.6 is 0 Å². The van der Waals surface area contributed by atoms with Gasteiger partial charge in [-0.25, -0.2) is 13.8 Å². The number of nitriles is 1. The number of nitrogens with zero attached hydrogens (tertiary/aromatic N) is 4. The maximum atomic E-state index is 13.5. The lowest BCUT2D eigenvalue weighted by Crippen LogP contribution is -2.51. The van der Waals surface area contributed by atoms with Crippen molar-refractivity contribution >= 4 is 27.6 Å². The number of hydrogen-bond acceptors (Lipinski definition) is 6. The van der Waals surface area contributed by atoms with Crippen molar-refractivity contribution in [1.82, 2.24) is 14.5 Å². The molecule has 2 aliphatic carbocycles. The number of carbonyl (C=O) groups is 1. The second-order valence-electron chi connectivity index (χ2n) is 8.99. The summed E-state index contributed by atoms with van der Waals surface area (Å²) < 4.78 is 37.2. The molecule has 3 aliphatic rings. The van der Waals surface area contributed by atoms with Crippen LogP contribution in [0.1, 0.15) is 47.9 Å².